The molecule has 0 spiro atoms. The molecule has 2 aromatic carbocycles. The number of benzene rings is 2. The monoisotopic (exact) mass is 381 g/mol. The maximum Gasteiger partial charge on any atom is 0.248 e. The predicted octanol–water partition coefficient (Wildman–Crippen LogP) is 2.15. The van der Waals surface area contributed by atoms with Crippen molar-refractivity contribution in [1.82, 2.24) is 20.2 Å². The van der Waals surface area contributed by atoms with Crippen molar-refractivity contribution < 1.29 is 19.0 Å². The van der Waals surface area contributed by atoms with Crippen LogP contribution in [0.1, 0.15) is 6.92 Å². The number of carbonyl (C=O) groups excluding carboxylic acids is 1. The minimum absolute atomic E-state index is 0.0571. The molecule has 0 aliphatic carbocycles. The smallest absolute Gasteiger partial charge is 0.248 e. The number of carbonyl (C=O) groups is 1. The Labute approximate surface area is 161 Å². The zero-order valence-corrected chi connectivity index (χ0v) is 15.3. The van der Waals surface area contributed by atoms with Crippen molar-refractivity contribution >= 4 is 11.6 Å². The first kappa shape index (κ1) is 17.8. The van der Waals surface area contributed by atoms with Crippen molar-refractivity contribution in [2.75, 3.05) is 25.1 Å². The van der Waals surface area contributed by atoms with E-state index in [4.69, 9.17) is 14.2 Å². The molecule has 1 aliphatic heterocycles. The summed E-state index contributed by atoms with van der Waals surface area (Å²) >= 11 is 0. The molecule has 0 unspecified atom stereocenters. The van der Waals surface area contributed by atoms with Crippen LogP contribution in [0.25, 0.3) is 11.4 Å². The third-order valence-electron chi connectivity index (χ3n) is 3.99. The lowest BCUT2D eigenvalue weighted by Crippen LogP contribution is -2.21. The highest BCUT2D eigenvalue weighted by Gasteiger charge is 2.14. The van der Waals surface area contributed by atoms with Gasteiger partial charge in [-0.05, 0) is 48.5 Å². The fourth-order valence-corrected chi connectivity index (χ4v) is 2.74. The maximum absolute atomic E-state index is 12.3. The molecule has 144 valence electrons. The van der Waals surface area contributed by atoms with E-state index < -0.39 is 0 Å². The molecule has 0 bridgehead atoms. The summed E-state index contributed by atoms with van der Waals surface area (Å²) in [7, 11) is 0. The first-order valence-electron chi connectivity index (χ1n) is 8.92. The Balaban J connectivity index is 1.39. The Morgan fingerprint density at radius 3 is 2.71 bits per heavy atom. The van der Waals surface area contributed by atoms with Crippen LogP contribution in [-0.2, 0) is 11.3 Å². The first-order valence-corrected chi connectivity index (χ1v) is 8.92. The van der Waals surface area contributed by atoms with Gasteiger partial charge in [-0.3, -0.25) is 4.79 Å². The number of hydrogen-bond acceptors (Lipinski definition) is 7. The predicted molar refractivity (Wildman–Crippen MR) is 100 cm³/mol. The molecule has 28 heavy (non-hydrogen) atoms. The van der Waals surface area contributed by atoms with Crippen molar-refractivity contribution in [3.05, 3.63) is 42.5 Å². The van der Waals surface area contributed by atoms with E-state index in [0.29, 0.717) is 42.8 Å². The van der Waals surface area contributed by atoms with Gasteiger partial charge in [0.15, 0.2) is 11.5 Å². The normalized spacial score (nSPS) is 12.5. The van der Waals surface area contributed by atoms with Crippen LogP contribution < -0.4 is 19.5 Å². The Bertz CT molecular complexity index is 971. The number of tetrazole rings is 1. The maximum atomic E-state index is 12.3. The molecule has 1 aliphatic rings. The molecule has 1 N–H and O–H groups in total. The lowest BCUT2D eigenvalue weighted by molar-refractivity contribution is -0.117. The molecule has 2 heterocycles. The number of nitrogens with zero attached hydrogens (tertiary/aromatic N) is 4. The number of anilines is 1. The summed E-state index contributed by atoms with van der Waals surface area (Å²) in [5, 5.41) is 15.0. The Morgan fingerprint density at radius 1 is 1.14 bits per heavy atom. The highest BCUT2D eigenvalue weighted by atomic mass is 16.6. The third-order valence-corrected chi connectivity index (χ3v) is 3.99. The van der Waals surface area contributed by atoms with Gasteiger partial charge in [0.25, 0.3) is 0 Å². The summed E-state index contributed by atoms with van der Waals surface area (Å²) in [4.78, 5) is 13.5. The van der Waals surface area contributed by atoms with Gasteiger partial charge in [0.05, 0.1) is 6.61 Å². The van der Waals surface area contributed by atoms with E-state index in [-0.39, 0.29) is 12.5 Å². The standard InChI is InChI=1S/C19H19N5O4/c1-2-26-15-6-3-13(4-7-15)19-21-23-24(22-19)12-18(25)20-14-5-8-16-17(11-14)28-10-9-27-16/h3-8,11H,2,9-10,12H2,1H3,(H,20,25). The molecule has 9 heteroatoms. The molecular formula is C19H19N5O4. The van der Waals surface area contributed by atoms with E-state index >= 15 is 0 Å². The largest absolute Gasteiger partial charge is 0.494 e. The van der Waals surface area contributed by atoms with Gasteiger partial charge in [-0.15, -0.1) is 10.2 Å². The van der Waals surface area contributed by atoms with Crippen molar-refractivity contribution in [3.63, 3.8) is 0 Å². The van der Waals surface area contributed by atoms with Gasteiger partial charge >= 0.3 is 0 Å². The van der Waals surface area contributed by atoms with Crippen molar-refractivity contribution in [1.29, 1.82) is 0 Å². The number of ether oxygens (including phenoxy) is 3. The Hall–Kier alpha value is -3.62. The van der Waals surface area contributed by atoms with E-state index in [1.54, 1.807) is 18.2 Å². The minimum Gasteiger partial charge on any atom is -0.494 e. The number of amides is 1. The average molecular weight is 381 g/mol. The minimum atomic E-state index is -0.271. The molecule has 0 atom stereocenters. The molecule has 0 radical (unpaired) electrons. The molecule has 0 fully saturated rings. The third kappa shape index (κ3) is 4.03. The fraction of sp³-hybridized carbons (Fsp3) is 0.263. The molecule has 1 aromatic heterocycles. The summed E-state index contributed by atoms with van der Waals surface area (Å²) in [6, 6.07) is 12.6. The SMILES string of the molecule is CCOc1ccc(-c2nnn(CC(=O)Nc3ccc4c(c3)OCCO4)n2)cc1. The van der Waals surface area contributed by atoms with Crippen LogP contribution >= 0.6 is 0 Å². The molecule has 3 aromatic rings. The fourth-order valence-electron chi connectivity index (χ4n) is 2.74. The van der Waals surface area contributed by atoms with E-state index in [0.717, 1.165) is 11.3 Å². The molecule has 0 saturated carbocycles. The van der Waals surface area contributed by atoms with Gasteiger partial charge in [-0.2, -0.15) is 4.80 Å². The van der Waals surface area contributed by atoms with Gasteiger partial charge in [-0.25, -0.2) is 0 Å². The van der Waals surface area contributed by atoms with Crippen LogP contribution in [0, 0.1) is 0 Å². The summed E-state index contributed by atoms with van der Waals surface area (Å²) < 4.78 is 16.4. The quantitative estimate of drug-likeness (QED) is 0.698. The lowest BCUT2D eigenvalue weighted by atomic mass is 10.2. The number of rotatable bonds is 6. The summed E-state index contributed by atoms with van der Waals surface area (Å²) in [6.45, 7) is 3.48. The molecule has 4 rings (SSSR count). The Morgan fingerprint density at radius 2 is 1.93 bits per heavy atom. The zero-order chi connectivity index (χ0) is 19.3. The zero-order valence-electron chi connectivity index (χ0n) is 15.3. The topological polar surface area (TPSA) is 100 Å². The highest BCUT2D eigenvalue weighted by molar-refractivity contribution is 5.90. The number of hydrogen-bond donors (Lipinski definition) is 1. The van der Waals surface area contributed by atoms with Crippen LogP contribution in [0.5, 0.6) is 17.2 Å². The molecule has 0 saturated heterocycles. The van der Waals surface area contributed by atoms with Gasteiger partial charge in [0.2, 0.25) is 11.7 Å². The second-order valence-electron chi connectivity index (χ2n) is 6.01. The van der Waals surface area contributed by atoms with E-state index in [2.05, 4.69) is 20.7 Å². The van der Waals surface area contributed by atoms with E-state index in [1.165, 1.54) is 4.80 Å². The molecule has 9 nitrogen and oxygen atoms in total. The first-order chi connectivity index (χ1) is 13.7. The summed E-state index contributed by atoms with van der Waals surface area (Å²) in [6.07, 6.45) is 0. The van der Waals surface area contributed by atoms with Crippen molar-refractivity contribution in [2.45, 2.75) is 13.5 Å². The number of nitrogens with one attached hydrogen (secondary N) is 1. The van der Waals surface area contributed by atoms with Crippen LogP contribution in [0.4, 0.5) is 5.69 Å². The van der Waals surface area contributed by atoms with Gasteiger partial charge in [0.1, 0.15) is 25.5 Å². The summed E-state index contributed by atoms with van der Waals surface area (Å²) in [5.41, 5.74) is 1.41. The number of aromatic nitrogens is 4. The highest BCUT2D eigenvalue weighted by Crippen LogP contribution is 2.32. The molecular weight excluding hydrogens is 362 g/mol. The van der Waals surface area contributed by atoms with Crippen molar-refractivity contribution in [2.24, 2.45) is 0 Å². The van der Waals surface area contributed by atoms with Crippen LogP contribution in [0.2, 0.25) is 0 Å². The van der Waals surface area contributed by atoms with Crippen LogP contribution in [0.3, 0.4) is 0 Å². The second kappa shape index (κ2) is 7.95. The van der Waals surface area contributed by atoms with E-state index in [9.17, 15) is 4.79 Å². The lowest BCUT2D eigenvalue weighted by Gasteiger charge is -2.18. The average Bonchev–Trinajstić information content (AvgIpc) is 3.17. The van der Waals surface area contributed by atoms with E-state index in [1.807, 2.05) is 31.2 Å². The van der Waals surface area contributed by atoms with Gasteiger partial charge in [0, 0.05) is 17.3 Å². The van der Waals surface area contributed by atoms with Crippen LogP contribution in [0.15, 0.2) is 42.5 Å². The molecule has 1 amide bonds. The Kier molecular flexibility index (Phi) is 5.05. The van der Waals surface area contributed by atoms with Crippen LogP contribution in [-0.4, -0.2) is 45.9 Å². The summed E-state index contributed by atoms with van der Waals surface area (Å²) in [5.74, 6) is 2.22. The van der Waals surface area contributed by atoms with Crippen molar-refractivity contribution in [3.8, 4) is 28.6 Å². The second-order valence-corrected chi connectivity index (χ2v) is 6.01. The van der Waals surface area contributed by atoms with Gasteiger partial charge in [-0.1, -0.05) is 0 Å². The van der Waals surface area contributed by atoms with Gasteiger partial charge < -0.3 is 19.5 Å². The number of fused-ring (bicyclic) bond motifs is 1.